The Morgan fingerprint density at radius 2 is 1.81 bits per heavy atom. The summed E-state index contributed by atoms with van der Waals surface area (Å²) in [6.45, 7) is 0. The number of carbonyl (C=O) groups excluding carboxylic acids is 2. The topological polar surface area (TPSA) is 60.2 Å². The largest absolute Gasteiger partial charge is 0.366 e. The van der Waals surface area contributed by atoms with E-state index in [2.05, 4.69) is 0 Å². The van der Waals surface area contributed by atoms with Gasteiger partial charge in [0.15, 0.2) is 6.29 Å². The maximum absolute atomic E-state index is 12.2. The molecule has 0 atom stereocenters. The van der Waals surface area contributed by atoms with E-state index in [1.54, 1.807) is 0 Å². The fourth-order valence-corrected chi connectivity index (χ4v) is 1.16. The number of hydrogen-bond acceptors (Lipinski definition) is 2. The van der Waals surface area contributed by atoms with Crippen LogP contribution in [0.15, 0.2) is 30.3 Å². The molecular weight excluding hydrogens is 216 g/mol. The van der Waals surface area contributed by atoms with E-state index in [-0.39, 0.29) is 11.1 Å². The van der Waals surface area contributed by atoms with Crippen LogP contribution in [0, 0.1) is 0 Å². The molecule has 0 heterocycles. The van der Waals surface area contributed by atoms with Crippen LogP contribution in [0.2, 0.25) is 0 Å². The molecule has 3 nitrogen and oxygen atoms in total. The number of nitrogens with two attached hydrogens (primary N) is 1. The smallest absolute Gasteiger partial charge is 0.263 e. The summed E-state index contributed by atoms with van der Waals surface area (Å²) in [5.74, 6) is -0.764. The molecule has 0 aliphatic heterocycles. The van der Waals surface area contributed by atoms with Gasteiger partial charge < -0.3 is 5.73 Å². The molecule has 0 radical (unpaired) electrons. The molecule has 0 fully saturated rings. The van der Waals surface area contributed by atoms with Crippen molar-refractivity contribution in [3.63, 3.8) is 0 Å². The number of halogens is 2. The van der Waals surface area contributed by atoms with Gasteiger partial charge in [-0.1, -0.05) is 24.3 Å². The van der Waals surface area contributed by atoms with Crippen molar-refractivity contribution < 1.29 is 18.4 Å². The third kappa shape index (κ3) is 2.98. The molecule has 1 aromatic rings. The highest BCUT2D eigenvalue weighted by Crippen LogP contribution is 2.21. The van der Waals surface area contributed by atoms with E-state index in [4.69, 9.17) is 5.73 Å². The van der Waals surface area contributed by atoms with E-state index >= 15 is 0 Å². The zero-order chi connectivity index (χ0) is 12.1. The Morgan fingerprint density at radius 1 is 1.25 bits per heavy atom. The lowest BCUT2D eigenvalue weighted by Gasteiger charge is -2.02. The molecule has 0 bridgehead atoms. The number of amides is 1. The van der Waals surface area contributed by atoms with E-state index in [0.29, 0.717) is 11.8 Å². The van der Waals surface area contributed by atoms with Gasteiger partial charge in [-0.3, -0.25) is 9.59 Å². The first-order valence-corrected chi connectivity index (χ1v) is 4.39. The number of benzene rings is 1. The number of rotatable bonds is 4. The summed E-state index contributed by atoms with van der Waals surface area (Å²) in [5, 5.41) is 0. The van der Waals surface area contributed by atoms with Crippen molar-refractivity contribution in [2.24, 2.45) is 5.73 Å². The van der Waals surface area contributed by atoms with Gasteiger partial charge in [0.05, 0.1) is 0 Å². The molecule has 0 aliphatic carbocycles. The first kappa shape index (κ1) is 12.0. The monoisotopic (exact) mass is 225 g/mol. The third-order valence-electron chi connectivity index (χ3n) is 1.92. The molecule has 84 valence electrons. The lowest BCUT2D eigenvalue weighted by Crippen LogP contribution is -2.07. The summed E-state index contributed by atoms with van der Waals surface area (Å²) < 4.78 is 24.5. The maximum atomic E-state index is 12.2. The SMILES string of the molecule is NC(=O)/C=C(\C=O)c1ccc(C(F)F)cc1. The Labute approximate surface area is 90.6 Å². The molecular formula is C11H9F2NO2. The number of primary amides is 1. The number of carbonyl (C=O) groups is 2. The van der Waals surface area contributed by atoms with Crippen LogP contribution in [0.4, 0.5) is 8.78 Å². The summed E-state index contributed by atoms with van der Waals surface area (Å²) in [6.07, 6.45) is -1.17. The molecule has 0 saturated heterocycles. The molecule has 5 heteroatoms. The van der Waals surface area contributed by atoms with E-state index in [9.17, 15) is 18.4 Å². The van der Waals surface area contributed by atoms with Crippen LogP contribution in [0.25, 0.3) is 5.57 Å². The molecule has 0 saturated carbocycles. The lowest BCUT2D eigenvalue weighted by atomic mass is 10.0. The number of aldehydes is 1. The van der Waals surface area contributed by atoms with Crippen molar-refractivity contribution >= 4 is 17.8 Å². The first-order chi connectivity index (χ1) is 7.54. The van der Waals surface area contributed by atoms with Crippen molar-refractivity contribution in [2.45, 2.75) is 6.43 Å². The van der Waals surface area contributed by atoms with Crippen LogP contribution >= 0.6 is 0 Å². The van der Waals surface area contributed by atoms with Crippen molar-refractivity contribution in [3.8, 4) is 0 Å². The van der Waals surface area contributed by atoms with Gasteiger partial charge in [0.25, 0.3) is 6.43 Å². The Hall–Kier alpha value is -2.04. The Balaban J connectivity index is 3.04. The van der Waals surface area contributed by atoms with Gasteiger partial charge in [0.1, 0.15) is 0 Å². The first-order valence-electron chi connectivity index (χ1n) is 4.39. The minimum Gasteiger partial charge on any atom is -0.366 e. The summed E-state index contributed by atoms with van der Waals surface area (Å²) >= 11 is 0. The van der Waals surface area contributed by atoms with Crippen LogP contribution in [0.5, 0.6) is 0 Å². The van der Waals surface area contributed by atoms with Gasteiger partial charge in [0.2, 0.25) is 5.91 Å². The van der Waals surface area contributed by atoms with Gasteiger partial charge in [-0.15, -0.1) is 0 Å². The van der Waals surface area contributed by atoms with Crippen molar-refractivity contribution in [1.82, 2.24) is 0 Å². The predicted molar refractivity (Wildman–Crippen MR) is 54.6 cm³/mol. The van der Waals surface area contributed by atoms with Crippen molar-refractivity contribution in [3.05, 3.63) is 41.5 Å². The second-order valence-corrected chi connectivity index (χ2v) is 3.04. The van der Waals surface area contributed by atoms with Gasteiger partial charge in [-0.25, -0.2) is 8.78 Å². The molecule has 2 N–H and O–H groups in total. The number of hydrogen-bond donors (Lipinski definition) is 1. The van der Waals surface area contributed by atoms with E-state index < -0.39 is 12.3 Å². The van der Waals surface area contributed by atoms with Crippen LogP contribution in [-0.4, -0.2) is 12.2 Å². The van der Waals surface area contributed by atoms with Gasteiger partial charge in [-0.2, -0.15) is 0 Å². The van der Waals surface area contributed by atoms with Crippen molar-refractivity contribution in [2.75, 3.05) is 0 Å². The molecule has 0 unspecified atom stereocenters. The standard InChI is InChI=1S/C11H9F2NO2/c12-11(13)8-3-1-7(2-4-8)9(6-15)5-10(14)16/h1-6,11H,(H2,14,16)/b9-5+. The van der Waals surface area contributed by atoms with E-state index in [1.807, 2.05) is 0 Å². The van der Waals surface area contributed by atoms with Crippen LogP contribution < -0.4 is 5.73 Å². The summed E-state index contributed by atoms with van der Waals surface area (Å²) in [7, 11) is 0. The normalized spacial score (nSPS) is 11.6. The second-order valence-electron chi connectivity index (χ2n) is 3.04. The summed E-state index contributed by atoms with van der Waals surface area (Å²) in [5.41, 5.74) is 5.18. The Bertz CT molecular complexity index is 424. The number of alkyl halides is 2. The maximum Gasteiger partial charge on any atom is 0.263 e. The lowest BCUT2D eigenvalue weighted by molar-refractivity contribution is -0.113. The minimum absolute atomic E-state index is 0.0633. The average Bonchev–Trinajstić information content (AvgIpc) is 2.25. The van der Waals surface area contributed by atoms with Crippen LogP contribution in [-0.2, 0) is 9.59 Å². The summed E-state index contributed by atoms with van der Waals surface area (Å²) in [6, 6.07) is 5.06. The Morgan fingerprint density at radius 3 is 2.19 bits per heavy atom. The zero-order valence-corrected chi connectivity index (χ0v) is 8.19. The number of allylic oxidation sites excluding steroid dienone is 1. The average molecular weight is 225 g/mol. The highest BCUT2D eigenvalue weighted by molar-refractivity contribution is 6.13. The van der Waals surface area contributed by atoms with Gasteiger partial charge in [0, 0.05) is 17.2 Å². The third-order valence-corrected chi connectivity index (χ3v) is 1.92. The molecule has 0 spiro atoms. The quantitative estimate of drug-likeness (QED) is 0.626. The van der Waals surface area contributed by atoms with Crippen LogP contribution in [0.1, 0.15) is 17.6 Å². The Kier molecular flexibility index (Phi) is 3.88. The predicted octanol–water partition coefficient (Wildman–Crippen LogP) is 1.69. The fraction of sp³-hybridized carbons (Fsp3) is 0.0909. The molecule has 0 aliphatic rings. The molecule has 1 amide bonds. The highest BCUT2D eigenvalue weighted by atomic mass is 19.3. The van der Waals surface area contributed by atoms with E-state index in [0.717, 1.165) is 6.08 Å². The molecule has 0 aromatic heterocycles. The fourth-order valence-electron chi connectivity index (χ4n) is 1.16. The zero-order valence-electron chi connectivity index (χ0n) is 8.19. The highest BCUT2D eigenvalue weighted by Gasteiger charge is 2.07. The van der Waals surface area contributed by atoms with Crippen LogP contribution in [0.3, 0.4) is 0 Å². The second kappa shape index (κ2) is 5.16. The van der Waals surface area contributed by atoms with Gasteiger partial charge in [-0.05, 0) is 5.56 Å². The van der Waals surface area contributed by atoms with Crippen molar-refractivity contribution in [1.29, 1.82) is 0 Å². The molecule has 16 heavy (non-hydrogen) atoms. The summed E-state index contributed by atoms with van der Waals surface area (Å²) in [4.78, 5) is 21.2. The molecule has 1 rings (SSSR count). The minimum atomic E-state index is -2.56. The molecule has 1 aromatic carbocycles. The van der Waals surface area contributed by atoms with Gasteiger partial charge >= 0.3 is 0 Å². The van der Waals surface area contributed by atoms with E-state index in [1.165, 1.54) is 24.3 Å².